The van der Waals surface area contributed by atoms with Crippen molar-refractivity contribution in [3.8, 4) is 0 Å². The number of nitrogens with zero attached hydrogens (tertiary/aromatic N) is 2. The summed E-state index contributed by atoms with van der Waals surface area (Å²) < 4.78 is 5.20. The quantitative estimate of drug-likeness (QED) is 0.846. The first-order chi connectivity index (χ1) is 10.7. The van der Waals surface area contributed by atoms with E-state index in [0.717, 1.165) is 19.7 Å². The number of fused-ring (bicyclic) bond motifs is 1. The number of ether oxygens (including phenoxy) is 1. The van der Waals surface area contributed by atoms with Crippen molar-refractivity contribution in [1.82, 2.24) is 15.3 Å². The second kappa shape index (κ2) is 6.55. The lowest BCUT2D eigenvalue weighted by Gasteiger charge is -2.36. The van der Waals surface area contributed by atoms with Crippen molar-refractivity contribution in [2.75, 3.05) is 26.8 Å². The summed E-state index contributed by atoms with van der Waals surface area (Å²) in [5.41, 5.74) is 3.96. The Morgan fingerprint density at radius 3 is 2.73 bits per heavy atom. The van der Waals surface area contributed by atoms with Crippen LogP contribution in [0.4, 0.5) is 0 Å². The van der Waals surface area contributed by atoms with Crippen molar-refractivity contribution >= 4 is 0 Å². The molecule has 0 bridgehead atoms. The maximum Gasteiger partial charge on any atom is 0.108 e. The molecule has 118 valence electrons. The summed E-state index contributed by atoms with van der Waals surface area (Å²) in [5, 5.41) is 8.33. The van der Waals surface area contributed by atoms with Crippen LogP contribution in [-0.2, 0) is 4.74 Å². The number of hydrazine groups is 1. The zero-order valence-electron chi connectivity index (χ0n) is 13.6. The third kappa shape index (κ3) is 2.89. The molecule has 0 radical (unpaired) electrons. The van der Waals surface area contributed by atoms with Gasteiger partial charge in [-0.25, -0.2) is 0 Å². The Hall–Kier alpha value is -1.78. The molecule has 2 heterocycles. The molecule has 0 aromatic heterocycles. The Labute approximate surface area is 133 Å². The minimum Gasteiger partial charge on any atom is -0.383 e. The van der Waals surface area contributed by atoms with E-state index in [2.05, 4.69) is 71.8 Å². The van der Waals surface area contributed by atoms with Crippen LogP contribution in [0.2, 0.25) is 0 Å². The monoisotopic (exact) mass is 299 g/mol. The minimum atomic E-state index is 0.263. The number of hydrogen-bond donors (Lipinski definition) is 1. The van der Waals surface area contributed by atoms with E-state index in [1.54, 1.807) is 7.11 Å². The molecule has 1 aromatic carbocycles. The van der Waals surface area contributed by atoms with Crippen LogP contribution in [0.25, 0.3) is 0 Å². The van der Waals surface area contributed by atoms with Gasteiger partial charge in [0.25, 0.3) is 0 Å². The van der Waals surface area contributed by atoms with Crippen molar-refractivity contribution in [2.45, 2.75) is 25.9 Å². The topological polar surface area (TPSA) is 27.7 Å². The molecule has 2 atom stereocenters. The highest BCUT2D eigenvalue weighted by atomic mass is 16.5. The van der Waals surface area contributed by atoms with E-state index < -0.39 is 0 Å². The van der Waals surface area contributed by atoms with Gasteiger partial charge in [0.05, 0.1) is 6.61 Å². The van der Waals surface area contributed by atoms with Gasteiger partial charge in [-0.05, 0) is 31.6 Å². The number of benzene rings is 1. The fourth-order valence-corrected chi connectivity index (χ4v) is 3.27. The number of allylic oxidation sites excluding steroid dienone is 3. The van der Waals surface area contributed by atoms with E-state index in [0.29, 0.717) is 5.92 Å². The van der Waals surface area contributed by atoms with Gasteiger partial charge in [0, 0.05) is 38.0 Å². The van der Waals surface area contributed by atoms with Crippen LogP contribution in [0.5, 0.6) is 0 Å². The fraction of sp³-hybridized carbons (Fsp3) is 0.444. The van der Waals surface area contributed by atoms with Gasteiger partial charge in [-0.15, -0.1) is 0 Å². The van der Waals surface area contributed by atoms with Gasteiger partial charge in [-0.2, -0.15) is 0 Å². The first-order valence-corrected chi connectivity index (χ1v) is 7.90. The molecule has 4 nitrogen and oxygen atoms in total. The molecule has 3 rings (SSSR count). The molecule has 0 spiro atoms. The van der Waals surface area contributed by atoms with Gasteiger partial charge in [0.2, 0.25) is 0 Å². The maximum absolute atomic E-state index is 5.20. The van der Waals surface area contributed by atoms with E-state index in [4.69, 9.17) is 4.74 Å². The number of aryl methyl sites for hydroxylation is 1. The lowest BCUT2D eigenvalue weighted by Crippen LogP contribution is -2.47. The van der Waals surface area contributed by atoms with Crippen molar-refractivity contribution in [1.29, 1.82) is 0 Å². The summed E-state index contributed by atoms with van der Waals surface area (Å²) in [6.45, 7) is 6.87. The van der Waals surface area contributed by atoms with Crippen LogP contribution in [0.3, 0.4) is 0 Å². The second-order valence-corrected chi connectivity index (χ2v) is 6.03. The third-order valence-corrected chi connectivity index (χ3v) is 4.43. The van der Waals surface area contributed by atoms with Gasteiger partial charge in [0.1, 0.15) is 6.17 Å². The van der Waals surface area contributed by atoms with Crippen LogP contribution in [0, 0.1) is 6.92 Å². The minimum absolute atomic E-state index is 0.263. The van der Waals surface area contributed by atoms with Crippen LogP contribution in [0.1, 0.15) is 24.0 Å². The normalized spacial score (nSPS) is 23.7. The molecule has 2 aliphatic heterocycles. The molecule has 22 heavy (non-hydrogen) atoms. The van der Waals surface area contributed by atoms with Gasteiger partial charge >= 0.3 is 0 Å². The first-order valence-electron chi connectivity index (χ1n) is 7.90. The van der Waals surface area contributed by atoms with Gasteiger partial charge in [0.15, 0.2) is 0 Å². The van der Waals surface area contributed by atoms with E-state index in [-0.39, 0.29) is 6.17 Å². The lowest BCUT2D eigenvalue weighted by molar-refractivity contribution is 0.0635. The number of nitrogens with one attached hydrogen (secondary N) is 1. The van der Waals surface area contributed by atoms with E-state index in [1.165, 1.54) is 16.8 Å². The molecule has 4 heteroatoms. The zero-order chi connectivity index (χ0) is 15.5. The maximum atomic E-state index is 5.20. The molecule has 0 amide bonds. The smallest absolute Gasteiger partial charge is 0.108 e. The highest BCUT2D eigenvalue weighted by molar-refractivity contribution is 5.29. The highest BCUT2D eigenvalue weighted by Gasteiger charge is 2.40. The van der Waals surface area contributed by atoms with Crippen molar-refractivity contribution in [2.24, 2.45) is 0 Å². The molecule has 1 aromatic rings. The summed E-state index contributed by atoms with van der Waals surface area (Å²) in [6.07, 6.45) is 6.71. The van der Waals surface area contributed by atoms with E-state index >= 15 is 0 Å². The Morgan fingerprint density at radius 2 is 2.00 bits per heavy atom. The second-order valence-electron chi connectivity index (χ2n) is 6.03. The van der Waals surface area contributed by atoms with Crippen LogP contribution in [-0.4, -0.2) is 43.0 Å². The zero-order valence-corrected chi connectivity index (χ0v) is 13.6. The highest BCUT2D eigenvalue weighted by Crippen LogP contribution is 2.35. The standard InChI is InChI=1S/C18H25N3O/c1-14-6-8-16(9-7-14)17-13-20-11-4-5-15(2)21(20)18(17)19-10-12-22-3/h4-9,11,17-19H,10,12-13H2,1-3H3. The summed E-state index contributed by atoms with van der Waals surface area (Å²) in [7, 11) is 1.74. The summed E-state index contributed by atoms with van der Waals surface area (Å²) in [5.74, 6) is 0.434. The van der Waals surface area contributed by atoms with Gasteiger partial charge < -0.3 is 4.74 Å². The first kappa shape index (κ1) is 15.1. The van der Waals surface area contributed by atoms with E-state index in [1.807, 2.05) is 0 Å². The SMILES string of the molecule is COCCNC1C(c2ccc(C)cc2)CN2C=CC=C(C)N12. The summed E-state index contributed by atoms with van der Waals surface area (Å²) in [4.78, 5) is 0. The van der Waals surface area contributed by atoms with Crippen LogP contribution in [0.15, 0.2) is 48.3 Å². The molecule has 1 fully saturated rings. The predicted molar refractivity (Wildman–Crippen MR) is 89.0 cm³/mol. The molecular weight excluding hydrogens is 274 g/mol. The van der Waals surface area contributed by atoms with Crippen molar-refractivity contribution in [3.63, 3.8) is 0 Å². The van der Waals surface area contributed by atoms with Gasteiger partial charge in [-0.1, -0.05) is 29.8 Å². The lowest BCUT2D eigenvalue weighted by atomic mass is 9.96. The van der Waals surface area contributed by atoms with Crippen LogP contribution < -0.4 is 5.32 Å². The van der Waals surface area contributed by atoms with Crippen molar-refractivity contribution in [3.05, 3.63) is 59.4 Å². The van der Waals surface area contributed by atoms with Crippen LogP contribution >= 0.6 is 0 Å². The molecule has 0 aliphatic carbocycles. The third-order valence-electron chi connectivity index (χ3n) is 4.43. The average molecular weight is 299 g/mol. The van der Waals surface area contributed by atoms with Crippen molar-refractivity contribution < 1.29 is 4.74 Å². The summed E-state index contributed by atoms with van der Waals surface area (Å²) >= 11 is 0. The molecular formula is C18H25N3O. The fourth-order valence-electron chi connectivity index (χ4n) is 3.27. The molecule has 2 aliphatic rings. The Balaban J connectivity index is 1.85. The Morgan fingerprint density at radius 1 is 1.23 bits per heavy atom. The Kier molecular flexibility index (Phi) is 4.50. The predicted octanol–water partition coefficient (Wildman–Crippen LogP) is 2.60. The number of methoxy groups -OCH3 is 1. The molecule has 2 unspecified atom stereocenters. The van der Waals surface area contributed by atoms with Gasteiger partial charge in [-0.3, -0.25) is 15.3 Å². The molecule has 1 saturated heterocycles. The average Bonchev–Trinajstić information content (AvgIpc) is 2.88. The summed E-state index contributed by atoms with van der Waals surface area (Å²) in [6, 6.07) is 8.92. The number of rotatable bonds is 5. The number of hydrogen-bond acceptors (Lipinski definition) is 4. The van der Waals surface area contributed by atoms with E-state index in [9.17, 15) is 0 Å². The molecule has 0 saturated carbocycles. The Bertz CT molecular complexity index is 564. The molecule has 1 N–H and O–H groups in total. The largest absolute Gasteiger partial charge is 0.383 e.